The van der Waals surface area contributed by atoms with Gasteiger partial charge in [-0.15, -0.1) is 0 Å². The van der Waals surface area contributed by atoms with E-state index in [2.05, 4.69) is 68.0 Å². The molecule has 0 saturated heterocycles. The molecule has 8 aromatic rings. The number of Topliss-reactive ketones (excluding diaryl/α,β-unsaturated/α-hetero) is 2. The molecule has 6 aromatic carbocycles. The molecule has 10 nitrogen and oxygen atoms in total. The lowest BCUT2D eigenvalue weighted by Crippen LogP contribution is -2.13. The molecule has 0 saturated carbocycles. The third-order valence-electron chi connectivity index (χ3n) is 9.10. The van der Waals surface area contributed by atoms with E-state index in [9.17, 15) is 19.8 Å². The Hall–Kier alpha value is -6.54. The van der Waals surface area contributed by atoms with E-state index in [4.69, 9.17) is 0 Å². The molecule has 0 aliphatic rings. The summed E-state index contributed by atoms with van der Waals surface area (Å²) in [6.07, 6.45) is 7.38. The maximum Gasteiger partial charge on any atom is 0.184 e. The van der Waals surface area contributed by atoms with Crippen LogP contribution in [0, 0.1) is 0 Å². The standard InChI is InChI=1S/C24H17Br2N3O2.C24H18BrN3O2/c25-18-10-5-16(6-11-18)7-14-23-27-24(20-3-1-2-4-21(20)30)29(28-23)15-22(31)17-8-12-19(26)13-9-17;25-19-13-11-18(12-14-19)22(30)16-28-24(20-8-4-5-9-21(20)29)26-23(27-28)15-10-17-6-2-1-3-7-17/h1-14,30H,15H2;1-15,29H,16H2/b14-7+;15-10+. The largest absolute Gasteiger partial charge is 0.507 e. The smallest absolute Gasteiger partial charge is 0.184 e. The zero-order valence-electron chi connectivity index (χ0n) is 32.2. The van der Waals surface area contributed by atoms with Crippen molar-refractivity contribution in [3.63, 3.8) is 0 Å². The summed E-state index contributed by atoms with van der Waals surface area (Å²) in [5.74, 6) is 1.74. The van der Waals surface area contributed by atoms with Gasteiger partial charge in [0.25, 0.3) is 0 Å². The van der Waals surface area contributed by atoms with Gasteiger partial charge in [0.15, 0.2) is 34.9 Å². The van der Waals surface area contributed by atoms with Gasteiger partial charge in [-0.05, 0) is 83.9 Å². The number of aromatic nitrogens is 6. The van der Waals surface area contributed by atoms with Crippen LogP contribution in [0.25, 0.3) is 47.1 Å². The maximum atomic E-state index is 12.8. The Kier molecular flexibility index (Phi) is 14.1. The van der Waals surface area contributed by atoms with Gasteiger partial charge in [-0.25, -0.2) is 19.3 Å². The number of aromatic hydroxyl groups is 2. The normalized spacial score (nSPS) is 11.1. The Labute approximate surface area is 377 Å². The average Bonchev–Trinajstić information content (AvgIpc) is 3.87. The molecule has 0 amide bonds. The van der Waals surface area contributed by atoms with Crippen molar-refractivity contribution in [3.05, 3.63) is 199 Å². The monoisotopic (exact) mass is 996 g/mol. The zero-order valence-corrected chi connectivity index (χ0v) is 36.9. The van der Waals surface area contributed by atoms with E-state index >= 15 is 0 Å². The molecule has 0 spiro atoms. The van der Waals surface area contributed by atoms with E-state index < -0.39 is 0 Å². The molecule has 0 atom stereocenters. The van der Waals surface area contributed by atoms with Crippen LogP contribution in [0.4, 0.5) is 0 Å². The number of carbonyl (C=O) groups excluding carboxylic acids is 2. The number of phenolic OH excluding ortho intramolecular Hbond substituents is 2. The molecule has 61 heavy (non-hydrogen) atoms. The van der Waals surface area contributed by atoms with Crippen LogP contribution in [0.2, 0.25) is 0 Å². The van der Waals surface area contributed by atoms with E-state index in [1.807, 2.05) is 103 Å². The van der Waals surface area contributed by atoms with Crippen molar-refractivity contribution in [2.45, 2.75) is 13.1 Å². The van der Waals surface area contributed by atoms with Gasteiger partial charge >= 0.3 is 0 Å². The number of hydrogen-bond donors (Lipinski definition) is 2. The van der Waals surface area contributed by atoms with E-state index in [1.54, 1.807) is 72.8 Å². The first-order valence-electron chi connectivity index (χ1n) is 18.8. The Balaban J connectivity index is 0.000000184. The summed E-state index contributed by atoms with van der Waals surface area (Å²) < 4.78 is 5.87. The first-order chi connectivity index (χ1) is 29.6. The van der Waals surface area contributed by atoms with Crippen LogP contribution in [-0.2, 0) is 13.1 Å². The number of phenols is 2. The van der Waals surface area contributed by atoms with Gasteiger partial charge in [0, 0.05) is 24.5 Å². The SMILES string of the molecule is O=C(Cn1nc(/C=C/c2ccc(Br)cc2)nc1-c1ccccc1O)c1ccc(Br)cc1.O=C(Cn1nc(/C=C/c2ccccc2)nc1-c1ccccc1O)c1ccc(Br)cc1. The number of benzene rings is 6. The summed E-state index contributed by atoms with van der Waals surface area (Å²) in [5.41, 5.74) is 4.21. The molecule has 2 N–H and O–H groups in total. The molecule has 302 valence electrons. The lowest BCUT2D eigenvalue weighted by atomic mass is 10.1. The molecular weight excluding hydrogens is 964 g/mol. The Morgan fingerprint density at radius 1 is 0.459 bits per heavy atom. The first kappa shape index (κ1) is 42.6. The molecule has 0 aliphatic carbocycles. The highest BCUT2D eigenvalue weighted by molar-refractivity contribution is 9.11. The van der Waals surface area contributed by atoms with Crippen molar-refractivity contribution in [3.8, 4) is 34.3 Å². The van der Waals surface area contributed by atoms with Crippen molar-refractivity contribution >= 4 is 83.7 Å². The topological polar surface area (TPSA) is 136 Å². The molecule has 0 radical (unpaired) electrons. The van der Waals surface area contributed by atoms with Crippen LogP contribution in [-0.4, -0.2) is 51.3 Å². The summed E-state index contributed by atoms with van der Waals surface area (Å²) >= 11 is 10.2. The molecule has 2 aromatic heterocycles. The van der Waals surface area contributed by atoms with Crippen molar-refractivity contribution in [1.29, 1.82) is 0 Å². The van der Waals surface area contributed by atoms with Crippen molar-refractivity contribution < 1.29 is 19.8 Å². The highest BCUT2D eigenvalue weighted by Crippen LogP contribution is 2.29. The minimum absolute atomic E-state index is 0.00439. The third-order valence-corrected chi connectivity index (χ3v) is 10.7. The van der Waals surface area contributed by atoms with Crippen molar-refractivity contribution in [2.75, 3.05) is 0 Å². The van der Waals surface area contributed by atoms with Gasteiger partial charge in [-0.3, -0.25) is 9.59 Å². The molecule has 0 bridgehead atoms. The lowest BCUT2D eigenvalue weighted by Gasteiger charge is -2.07. The molecule has 2 heterocycles. The maximum absolute atomic E-state index is 12.8. The van der Waals surface area contributed by atoms with Crippen LogP contribution in [0.15, 0.2) is 165 Å². The van der Waals surface area contributed by atoms with E-state index in [1.165, 1.54) is 9.36 Å². The van der Waals surface area contributed by atoms with Gasteiger partial charge in [0.2, 0.25) is 0 Å². The van der Waals surface area contributed by atoms with Gasteiger partial charge in [-0.1, -0.05) is 151 Å². The fourth-order valence-corrected chi connectivity index (χ4v) is 6.80. The van der Waals surface area contributed by atoms with Crippen LogP contribution in [0.5, 0.6) is 11.5 Å². The predicted octanol–water partition coefficient (Wildman–Crippen LogP) is 11.7. The lowest BCUT2D eigenvalue weighted by molar-refractivity contribution is 0.0960. The van der Waals surface area contributed by atoms with Crippen molar-refractivity contribution in [1.82, 2.24) is 29.5 Å². The van der Waals surface area contributed by atoms with Crippen molar-refractivity contribution in [2.24, 2.45) is 0 Å². The predicted molar refractivity (Wildman–Crippen MR) is 250 cm³/mol. The molecule has 8 rings (SSSR count). The van der Waals surface area contributed by atoms with Crippen LogP contribution in [0.3, 0.4) is 0 Å². The molecule has 0 aliphatic heterocycles. The quantitative estimate of drug-likeness (QED) is 0.116. The van der Waals surface area contributed by atoms with Gasteiger partial charge < -0.3 is 10.2 Å². The summed E-state index contributed by atoms with van der Waals surface area (Å²) in [5, 5.41) is 29.6. The minimum Gasteiger partial charge on any atom is -0.507 e. The number of halogens is 3. The fourth-order valence-electron chi connectivity index (χ4n) is 6.01. The second-order valence-corrected chi connectivity index (χ2v) is 16.2. The molecule has 0 unspecified atom stereocenters. The molecule has 0 fully saturated rings. The molecular formula is C48H35Br3N6O4. The average molecular weight is 1000 g/mol. The van der Waals surface area contributed by atoms with E-state index in [-0.39, 0.29) is 36.2 Å². The third kappa shape index (κ3) is 11.4. The van der Waals surface area contributed by atoms with Gasteiger partial charge in [0.1, 0.15) is 24.6 Å². The summed E-state index contributed by atoms with van der Waals surface area (Å²) in [7, 11) is 0. The zero-order chi connectivity index (χ0) is 42.7. The van der Waals surface area contributed by atoms with Gasteiger partial charge in [0.05, 0.1) is 11.1 Å². The Morgan fingerprint density at radius 2 is 0.820 bits per heavy atom. The second kappa shape index (κ2) is 20.1. The number of nitrogens with zero attached hydrogens (tertiary/aromatic N) is 6. The summed E-state index contributed by atoms with van der Waals surface area (Å²) in [4.78, 5) is 34.8. The van der Waals surface area contributed by atoms with E-state index in [0.717, 1.165) is 24.5 Å². The Bertz CT molecular complexity index is 2840. The highest BCUT2D eigenvalue weighted by Gasteiger charge is 2.19. The van der Waals surface area contributed by atoms with E-state index in [0.29, 0.717) is 45.6 Å². The number of ketones is 2. The number of carbonyl (C=O) groups is 2. The number of hydrogen-bond acceptors (Lipinski definition) is 8. The van der Waals surface area contributed by atoms with Crippen LogP contribution < -0.4 is 0 Å². The number of rotatable bonds is 12. The minimum atomic E-state index is -0.0995. The Morgan fingerprint density at radius 3 is 1.23 bits per heavy atom. The highest BCUT2D eigenvalue weighted by atomic mass is 79.9. The molecule has 13 heteroatoms. The summed E-state index contributed by atoms with van der Waals surface area (Å²) in [6.45, 7) is 0.0158. The fraction of sp³-hybridized carbons (Fsp3) is 0.0417. The summed E-state index contributed by atoms with van der Waals surface area (Å²) in [6, 6.07) is 45.8. The van der Waals surface area contributed by atoms with Crippen LogP contribution >= 0.6 is 47.8 Å². The first-order valence-corrected chi connectivity index (χ1v) is 21.2. The van der Waals surface area contributed by atoms with Gasteiger partial charge in [-0.2, -0.15) is 10.2 Å². The second-order valence-electron chi connectivity index (χ2n) is 13.4. The number of para-hydroxylation sites is 2. The van der Waals surface area contributed by atoms with Crippen LogP contribution in [0.1, 0.15) is 43.5 Å².